The van der Waals surface area contributed by atoms with Crippen LogP contribution in [0.15, 0.2) is 36.4 Å². The van der Waals surface area contributed by atoms with Crippen LogP contribution < -0.4 is 0 Å². The van der Waals surface area contributed by atoms with Crippen molar-refractivity contribution >= 4 is 6.29 Å². The second-order valence-corrected chi connectivity index (χ2v) is 4.47. The van der Waals surface area contributed by atoms with E-state index < -0.39 is 11.7 Å². The Morgan fingerprint density at radius 1 is 1.10 bits per heavy atom. The minimum Gasteiger partial charge on any atom is -0.298 e. The fraction of sp³-hybridized carbons (Fsp3) is 0.200. The molecule has 2 rings (SSSR count). The van der Waals surface area contributed by atoms with Gasteiger partial charge < -0.3 is 0 Å². The number of benzene rings is 1. The molecule has 20 heavy (non-hydrogen) atoms. The van der Waals surface area contributed by atoms with Crippen molar-refractivity contribution in [3.8, 4) is 0 Å². The van der Waals surface area contributed by atoms with Crippen LogP contribution in [0.4, 0.5) is 13.2 Å². The highest BCUT2D eigenvalue weighted by molar-refractivity contribution is 5.76. The van der Waals surface area contributed by atoms with E-state index in [0.29, 0.717) is 23.4 Å². The summed E-state index contributed by atoms with van der Waals surface area (Å²) < 4.78 is 37.3. The van der Waals surface area contributed by atoms with Gasteiger partial charge in [0, 0.05) is 23.4 Å². The van der Waals surface area contributed by atoms with Gasteiger partial charge in [0.15, 0.2) is 6.29 Å². The highest BCUT2D eigenvalue weighted by Gasteiger charge is 2.29. The Morgan fingerprint density at radius 3 is 2.25 bits per heavy atom. The van der Waals surface area contributed by atoms with E-state index in [2.05, 4.69) is 4.98 Å². The van der Waals surface area contributed by atoms with Gasteiger partial charge in [-0.3, -0.25) is 9.78 Å². The molecule has 0 aliphatic heterocycles. The van der Waals surface area contributed by atoms with Gasteiger partial charge in [0.2, 0.25) is 0 Å². The zero-order valence-electron chi connectivity index (χ0n) is 10.7. The van der Waals surface area contributed by atoms with Crippen LogP contribution in [0, 0.1) is 6.92 Å². The average Bonchev–Trinajstić information content (AvgIpc) is 2.38. The van der Waals surface area contributed by atoms with E-state index in [-0.39, 0.29) is 0 Å². The van der Waals surface area contributed by atoms with Gasteiger partial charge >= 0.3 is 6.18 Å². The minimum atomic E-state index is -4.32. The van der Waals surface area contributed by atoms with Crippen LogP contribution in [0.5, 0.6) is 0 Å². The van der Waals surface area contributed by atoms with Crippen molar-refractivity contribution in [2.75, 3.05) is 0 Å². The maximum Gasteiger partial charge on any atom is 0.416 e. The molecule has 1 aromatic heterocycles. The third-order valence-electron chi connectivity index (χ3n) is 2.98. The Morgan fingerprint density at radius 2 is 1.75 bits per heavy atom. The topological polar surface area (TPSA) is 30.0 Å². The molecule has 0 aliphatic carbocycles. The number of hydrogen-bond acceptors (Lipinski definition) is 2. The number of aldehydes is 1. The molecule has 0 spiro atoms. The van der Waals surface area contributed by atoms with Crippen LogP contribution in [0.3, 0.4) is 0 Å². The summed E-state index contributed by atoms with van der Waals surface area (Å²) in [5.41, 5.74) is 1.92. The average molecular weight is 279 g/mol. The normalized spacial score (nSPS) is 11.4. The van der Waals surface area contributed by atoms with Crippen molar-refractivity contribution < 1.29 is 18.0 Å². The van der Waals surface area contributed by atoms with Crippen molar-refractivity contribution in [2.24, 2.45) is 0 Å². The molecule has 5 heteroatoms. The first-order valence-corrected chi connectivity index (χ1v) is 5.98. The standard InChI is InChI=1S/C15H12F3NO/c1-10-12(9-20)4-7-14(19-10)8-11-2-5-13(6-3-11)15(16,17)18/h2-7,9H,8H2,1H3. The molecular formula is C15H12F3NO. The summed E-state index contributed by atoms with van der Waals surface area (Å²) in [5, 5.41) is 0. The summed E-state index contributed by atoms with van der Waals surface area (Å²) in [6.45, 7) is 1.72. The molecule has 0 aliphatic rings. The lowest BCUT2D eigenvalue weighted by Crippen LogP contribution is -2.04. The number of alkyl halides is 3. The fourth-order valence-electron chi connectivity index (χ4n) is 1.87. The van der Waals surface area contributed by atoms with Crippen LogP contribution >= 0.6 is 0 Å². The number of carbonyl (C=O) groups excluding carboxylic acids is 1. The molecule has 1 heterocycles. The van der Waals surface area contributed by atoms with Gasteiger partial charge in [0.1, 0.15) is 0 Å². The number of hydrogen-bond donors (Lipinski definition) is 0. The highest BCUT2D eigenvalue weighted by Crippen LogP contribution is 2.29. The lowest BCUT2D eigenvalue weighted by atomic mass is 10.1. The van der Waals surface area contributed by atoms with Gasteiger partial charge in [0.05, 0.1) is 5.56 Å². The van der Waals surface area contributed by atoms with Gasteiger partial charge in [-0.15, -0.1) is 0 Å². The summed E-state index contributed by atoms with van der Waals surface area (Å²) in [7, 11) is 0. The summed E-state index contributed by atoms with van der Waals surface area (Å²) in [6.07, 6.45) is -3.17. The number of halogens is 3. The quantitative estimate of drug-likeness (QED) is 0.800. The fourth-order valence-corrected chi connectivity index (χ4v) is 1.87. The van der Waals surface area contributed by atoms with Crippen molar-refractivity contribution in [3.63, 3.8) is 0 Å². The molecule has 2 nitrogen and oxygen atoms in total. The first-order chi connectivity index (χ1) is 9.40. The van der Waals surface area contributed by atoms with Gasteiger partial charge in [0.25, 0.3) is 0 Å². The van der Waals surface area contributed by atoms with E-state index in [1.807, 2.05) is 0 Å². The van der Waals surface area contributed by atoms with Gasteiger partial charge in [-0.25, -0.2) is 0 Å². The number of carbonyl (C=O) groups is 1. The predicted molar refractivity (Wildman–Crippen MR) is 68.6 cm³/mol. The van der Waals surface area contributed by atoms with Gasteiger partial charge in [-0.1, -0.05) is 12.1 Å². The minimum absolute atomic E-state index is 0.429. The molecule has 0 amide bonds. The van der Waals surface area contributed by atoms with Gasteiger partial charge in [-0.2, -0.15) is 13.2 Å². The van der Waals surface area contributed by atoms with E-state index in [1.54, 1.807) is 19.1 Å². The SMILES string of the molecule is Cc1nc(Cc2ccc(C(F)(F)F)cc2)ccc1C=O. The zero-order chi connectivity index (χ0) is 14.8. The number of rotatable bonds is 3. The Bertz CT molecular complexity index is 618. The maximum atomic E-state index is 12.4. The zero-order valence-corrected chi connectivity index (χ0v) is 10.7. The van der Waals surface area contributed by atoms with Crippen LogP contribution in [-0.2, 0) is 12.6 Å². The monoisotopic (exact) mass is 279 g/mol. The number of aromatic nitrogens is 1. The molecule has 104 valence electrons. The molecule has 0 N–H and O–H groups in total. The van der Waals surface area contributed by atoms with Crippen LogP contribution in [0.25, 0.3) is 0 Å². The van der Waals surface area contributed by atoms with Crippen molar-refractivity contribution in [1.82, 2.24) is 4.98 Å². The molecule has 2 aromatic rings. The Balaban J connectivity index is 2.18. The predicted octanol–water partition coefficient (Wildman–Crippen LogP) is 3.81. The second kappa shape index (κ2) is 5.45. The molecule has 0 unspecified atom stereocenters. The molecule has 0 radical (unpaired) electrons. The van der Waals surface area contributed by atoms with Crippen molar-refractivity contribution in [3.05, 3.63) is 64.5 Å². The molecule has 0 atom stereocenters. The van der Waals surface area contributed by atoms with E-state index in [1.165, 1.54) is 12.1 Å². The van der Waals surface area contributed by atoms with Gasteiger partial charge in [-0.05, 0) is 36.8 Å². The number of aryl methyl sites for hydroxylation is 1. The number of nitrogens with zero attached hydrogens (tertiary/aromatic N) is 1. The maximum absolute atomic E-state index is 12.4. The molecule has 0 saturated carbocycles. The first kappa shape index (κ1) is 14.2. The van der Waals surface area contributed by atoms with E-state index in [9.17, 15) is 18.0 Å². The van der Waals surface area contributed by atoms with Crippen LogP contribution in [0.2, 0.25) is 0 Å². The van der Waals surface area contributed by atoms with E-state index in [0.717, 1.165) is 24.0 Å². The van der Waals surface area contributed by atoms with Crippen molar-refractivity contribution in [1.29, 1.82) is 0 Å². The second-order valence-electron chi connectivity index (χ2n) is 4.47. The first-order valence-electron chi connectivity index (χ1n) is 5.98. The summed E-state index contributed by atoms with van der Waals surface area (Å²) in [6, 6.07) is 8.36. The Kier molecular flexibility index (Phi) is 3.88. The Labute approximate surface area is 114 Å². The smallest absolute Gasteiger partial charge is 0.298 e. The molecular weight excluding hydrogens is 267 g/mol. The molecule has 0 bridgehead atoms. The molecule has 1 aromatic carbocycles. The van der Waals surface area contributed by atoms with Crippen molar-refractivity contribution in [2.45, 2.75) is 19.5 Å². The lowest BCUT2D eigenvalue weighted by molar-refractivity contribution is -0.137. The summed E-state index contributed by atoms with van der Waals surface area (Å²) in [5.74, 6) is 0. The highest BCUT2D eigenvalue weighted by atomic mass is 19.4. The summed E-state index contributed by atoms with van der Waals surface area (Å²) in [4.78, 5) is 14.9. The van der Waals surface area contributed by atoms with Crippen LogP contribution in [-0.4, -0.2) is 11.3 Å². The van der Waals surface area contributed by atoms with E-state index >= 15 is 0 Å². The molecule has 0 saturated heterocycles. The Hall–Kier alpha value is -2.17. The summed E-state index contributed by atoms with van der Waals surface area (Å²) >= 11 is 0. The van der Waals surface area contributed by atoms with E-state index in [4.69, 9.17) is 0 Å². The third-order valence-corrected chi connectivity index (χ3v) is 2.98. The number of pyridine rings is 1. The third kappa shape index (κ3) is 3.23. The largest absolute Gasteiger partial charge is 0.416 e. The van der Waals surface area contributed by atoms with Crippen LogP contribution in [0.1, 0.15) is 32.9 Å². The molecule has 0 fully saturated rings. The lowest BCUT2D eigenvalue weighted by Gasteiger charge is -2.08.